The number of fused-ring (bicyclic) bond motifs is 2. The van der Waals surface area contributed by atoms with E-state index in [0.717, 1.165) is 31.7 Å². The van der Waals surface area contributed by atoms with Gasteiger partial charge in [-0.3, -0.25) is 14.4 Å². The first kappa shape index (κ1) is 24.9. The number of hydrogen-bond acceptors (Lipinski definition) is 6. The van der Waals surface area contributed by atoms with Crippen LogP contribution in [0.25, 0.3) is 0 Å². The lowest BCUT2D eigenvalue weighted by atomic mass is 9.83. The maximum atomic E-state index is 13.2. The molecule has 0 saturated heterocycles. The molecule has 2 aliphatic rings. The number of rotatable bonds is 10. The number of unbranched alkanes of at least 4 members (excludes halogenated alkanes) is 4. The number of esters is 1. The van der Waals surface area contributed by atoms with Gasteiger partial charge in [0.15, 0.2) is 5.78 Å². The Balaban J connectivity index is 1.80. The van der Waals surface area contributed by atoms with Crippen LogP contribution < -0.4 is 0 Å². The molecule has 6 nitrogen and oxygen atoms in total. The molecule has 0 spiro atoms. The minimum atomic E-state index is -4.76. The van der Waals surface area contributed by atoms with Gasteiger partial charge in [0.05, 0.1) is 5.69 Å². The largest absolute Gasteiger partial charge is 0.511 e. The molecule has 33 heavy (non-hydrogen) atoms. The van der Waals surface area contributed by atoms with Gasteiger partial charge in [0.1, 0.15) is 23.6 Å². The molecule has 1 heterocycles. The molecule has 0 amide bonds. The van der Waals surface area contributed by atoms with Crippen LogP contribution in [0.15, 0.2) is 23.5 Å². The summed E-state index contributed by atoms with van der Waals surface area (Å²) in [6.07, 6.45) is 1.47. The molecule has 2 atom stereocenters. The topological polar surface area (TPSA) is 93.6 Å². The number of carbonyl (C=O) groups excluding carboxylic acids is 3. The lowest BCUT2D eigenvalue weighted by Crippen LogP contribution is -2.28. The van der Waals surface area contributed by atoms with Crippen LogP contribution in [0, 0.1) is 11.8 Å². The SMILES string of the molecule is CCCCCCCC(=O)OCc1nc(C(F)(F)F)ccc1C(=O)C1=C(O)C2CCC(C2)C1=O. The van der Waals surface area contributed by atoms with Gasteiger partial charge >= 0.3 is 12.1 Å². The first-order valence-corrected chi connectivity index (χ1v) is 11.4. The number of Topliss-reactive ketones (excluding diaryl/α,β-unsaturated/α-hetero) is 2. The number of pyridine rings is 1. The highest BCUT2D eigenvalue weighted by molar-refractivity contribution is 6.28. The van der Waals surface area contributed by atoms with E-state index in [1.807, 2.05) is 0 Å². The Morgan fingerprint density at radius 3 is 2.52 bits per heavy atom. The highest BCUT2D eigenvalue weighted by Gasteiger charge is 2.44. The molecule has 9 heteroatoms. The lowest BCUT2D eigenvalue weighted by molar-refractivity contribution is -0.145. The molecule has 1 aromatic heterocycles. The number of aromatic nitrogens is 1. The Kier molecular flexibility index (Phi) is 7.92. The second kappa shape index (κ2) is 10.5. The Labute approximate surface area is 190 Å². The van der Waals surface area contributed by atoms with E-state index in [9.17, 15) is 32.7 Å². The van der Waals surface area contributed by atoms with Crippen molar-refractivity contribution in [1.29, 1.82) is 0 Å². The van der Waals surface area contributed by atoms with E-state index in [1.54, 1.807) is 0 Å². The fraction of sp³-hybridized carbons (Fsp3) is 0.583. The number of allylic oxidation sites excluding steroid dienone is 2. The zero-order chi connectivity index (χ0) is 24.2. The van der Waals surface area contributed by atoms with Crippen molar-refractivity contribution in [2.24, 2.45) is 11.8 Å². The number of hydrogen-bond donors (Lipinski definition) is 1. The monoisotopic (exact) mass is 467 g/mol. The molecular weight excluding hydrogens is 439 g/mol. The van der Waals surface area contributed by atoms with E-state index in [4.69, 9.17) is 4.74 Å². The van der Waals surface area contributed by atoms with Crippen molar-refractivity contribution in [2.75, 3.05) is 0 Å². The Morgan fingerprint density at radius 1 is 1.12 bits per heavy atom. The minimum Gasteiger partial charge on any atom is -0.511 e. The number of ketones is 2. The van der Waals surface area contributed by atoms with Crippen molar-refractivity contribution >= 4 is 17.5 Å². The van der Waals surface area contributed by atoms with Gasteiger partial charge in [-0.25, -0.2) is 4.98 Å². The molecule has 0 aromatic carbocycles. The summed E-state index contributed by atoms with van der Waals surface area (Å²) in [6, 6.07) is 1.57. The summed E-state index contributed by atoms with van der Waals surface area (Å²) >= 11 is 0. The van der Waals surface area contributed by atoms with Gasteiger partial charge in [-0.05, 0) is 37.8 Å². The predicted octanol–water partition coefficient (Wildman–Crippen LogP) is 5.50. The molecule has 2 unspecified atom stereocenters. The van der Waals surface area contributed by atoms with E-state index < -0.39 is 36.0 Å². The summed E-state index contributed by atoms with van der Waals surface area (Å²) in [6.45, 7) is 1.44. The second-order valence-electron chi connectivity index (χ2n) is 8.67. The smallest absolute Gasteiger partial charge is 0.433 e. The first-order valence-electron chi connectivity index (χ1n) is 11.4. The highest BCUT2D eigenvalue weighted by atomic mass is 19.4. The van der Waals surface area contributed by atoms with Gasteiger partial charge in [-0.2, -0.15) is 13.2 Å². The predicted molar refractivity (Wildman–Crippen MR) is 112 cm³/mol. The van der Waals surface area contributed by atoms with Crippen molar-refractivity contribution in [3.05, 3.63) is 40.4 Å². The molecular formula is C24H28F3NO5. The molecule has 2 aliphatic carbocycles. The molecule has 1 fully saturated rings. The van der Waals surface area contributed by atoms with Crippen LogP contribution in [0.4, 0.5) is 13.2 Å². The molecule has 0 aliphatic heterocycles. The summed E-state index contributed by atoms with van der Waals surface area (Å²) in [7, 11) is 0. The fourth-order valence-corrected chi connectivity index (χ4v) is 4.44. The van der Waals surface area contributed by atoms with Gasteiger partial charge in [0.2, 0.25) is 5.78 Å². The number of carbonyl (C=O) groups is 3. The van der Waals surface area contributed by atoms with Gasteiger partial charge in [-0.1, -0.05) is 32.6 Å². The Bertz CT molecular complexity index is 954. The third kappa shape index (κ3) is 5.81. The van der Waals surface area contributed by atoms with Gasteiger partial charge < -0.3 is 9.84 Å². The average molecular weight is 467 g/mol. The molecule has 0 radical (unpaired) electrons. The average Bonchev–Trinajstić information content (AvgIpc) is 3.23. The summed E-state index contributed by atoms with van der Waals surface area (Å²) in [5, 5.41) is 10.5. The Hall–Kier alpha value is -2.71. The van der Waals surface area contributed by atoms with E-state index in [0.29, 0.717) is 31.7 Å². The molecule has 1 N–H and O–H groups in total. The van der Waals surface area contributed by atoms with Crippen molar-refractivity contribution in [1.82, 2.24) is 4.98 Å². The van der Waals surface area contributed by atoms with Crippen LogP contribution >= 0.6 is 0 Å². The molecule has 180 valence electrons. The Morgan fingerprint density at radius 2 is 1.82 bits per heavy atom. The standard InChI is InChI=1S/C24H28F3NO5/c1-2-3-4-5-6-7-19(29)33-13-17-16(10-11-18(28-17)24(25,26)27)23(32)20-21(30)14-8-9-15(12-14)22(20)31/h10-11,14-15,30H,2-9,12-13H2,1H3. The van der Waals surface area contributed by atoms with Crippen molar-refractivity contribution < 1.29 is 37.4 Å². The van der Waals surface area contributed by atoms with Crippen LogP contribution in [-0.2, 0) is 27.1 Å². The maximum absolute atomic E-state index is 13.2. The van der Waals surface area contributed by atoms with E-state index in [1.165, 1.54) is 0 Å². The normalized spacial score (nSPS) is 20.3. The van der Waals surface area contributed by atoms with Crippen LogP contribution in [-0.4, -0.2) is 27.6 Å². The fourth-order valence-electron chi connectivity index (χ4n) is 4.44. The molecule has 2 bridgehead atoms. The van der Waals surface area contributed by atoms with Crippen molar-refractivity contribution in [2.45, 2.75) is 77.5 Å². The number of alkyl halides is 3. The second-order valence-corrected chi connectivity index (χ2v) is 8.67. The van der Waals surface area contributed by atoms with Crippen LogP contribution in [0.1, 0.15) is 86.5 Å². The zero-order valence-corrected chi connectivity index (χ0v) is 18.5. The third-order valence-corrected chi connectivity index (χ3v) is 6.28. The summed E-state index contributed by atoms with van der Waals surface area (Å²) < 4.78 is 44.7. The number of nitrogens with zero attached hydrogens (tertiary/aromatic N) is 1. The third-order valence-electron chi connectivity index (χ3n) is 6.28. The number of ether oxygens (including phenoxy) is 1. The van der Waals surface area contributed by atoms with Crippen LogP contribution in [0.5, 0.6) is 0 Å². The molecule has 1 saturated carbocycles. The summed E-state index contributed by atoms with van der Waals surface area (Å²) in [4.78, 5) is 41.4. The van der Waals surface area contributed by atoms with Crippen molar-refractivity contribution in [3.63, 3.8) is 0 Å². The highest BCUT2D eigenvalue weighted by Crippen LogP contribution is 2.43. The van der Waals surface area contributed by atoms with Crippen LogP contribution in [0.2, 0.25) is 0 Å². The number of halogens is 3. The van der Waals surface area contributed by atoms with Gasteiger partial charge in [-0.15, -0.1) is 0 Å². The minimum absolute atomic E-state index is 0.111. The summed E-state index contributed by atoms with van der Waals surface area (Å²) in [5.74, 6) is -2.97. The van der Waals surface area contributed by atoms with Crippen LogP contribution in [0.3, 0.4) is 0 Å². The van der Waals surface area contributed by atoms with E-state index in [2.05, 4.69) is 11.9 Å². The van der Waals surface area contributed by atoms with Crippen molar-refractivity contribution in [3.8, 4) is 0 Å². The number of aliphatic hydroxyl groups is 1. The molecule has 3 rings (SSSR count). The van der Waals surface area contributed by atoms with Gasteiger partial charge in [0.25, 0.3) is 0 Å². The summed E-state index contributed by atoms with van der Waals surface area (Å²) in [5.41, 5.74) is -2.30. The van der Waals surface area contributed by atoms with E-state index >= 15 is 0 Å². The van der Waals surface area contributed by atoms with Gasteiger partial charge in [0, 0.05) is 23.8 Å². The van der Waals surface area contributed by atoms with E-state index in [-0.39, 0.29) is 40.8 Å². The quantitative estimate of drug-likeness (QED) is 0.211. The zero-order valence-electron chi connectivity index (χ0n) is 18.5. The maximum Gasteiger partial charge on any atom is 0.433 e. The number of aliphatic hydroxyl groups excluding tert-OH is 1. The lowest BCUT2D eigenvalue weighted by Gasteiger charge is -2.21. The molecule has 1 aromatic rings. The first-order chi connectivity index (χ1) is 15.6.